The van der Waals surface area contributed by atoms with Gasteiger partial charge in [-0.25, -0.2) is 9.18 Å². The van der Waals surface area contributed by atoms with E-state index in [2.05, 4.69) is 4.74 Å². The highest BCUT2D eigenvalue weighted by molar-refractivity contribution is 5.84. The molecule has 2 rings (SSSR count). The van der Waals surface area contributed by atoms with E-state index in [-0.39, 0.29) is 5.82 Å². The maximum Gasteiger partial charge on any atom is 0.340 e. The monoisotopic (exact) mass is 251 g/mol. The zero-order valence-corrected chi connectivity index (χ0v) is 10.2. The Morgan fingerprint density at radius 1 is 1.50 bits per heavy atom. The van der Waals surface area contributed by atoms with Crippen LogP contribution in [-0.2, 0) is 16.1 Å². The third-order valence-electron chi connectivity index (χ3n) is 2.92. The predicted molar refractivity (Wildman–Crippen MR) is 64.5 cm³/mol. The number of ether oxygens (including phenoxy) is 1. The lowest BCUT2D eigenvalue weighted by molar-refractivity contribution is -0.151. The molecule has 4 nitrogen and oxygen atoms in total. The number of aliphatic hydroxyl groups excluding tert-OH is 1. The van der Waals surface area contributed by atoms with E-state index >= 15 is 0 Å². The second kappa shape index (κ2) is 4.78. The van der Waals surface area contributed by atoms with Gasteiger partial charge in [0, 0.05) is 11.9 Å². The summed E-state index contributed by atoms with van der Waals surface area (Å²) in [7, 11) is 1.21. The highest BCUT2D eigenvalue weighted by Gasteiger charge is 2.23. The number of carbonyl (C=O) groups is 1. The van der Waals surface area contributed by atoms with Crippen LogP contribution in [0.25, 0.3) is 10.9 Å². The van der Waals surface area contributed by atoms with Gasteiger partial charge in [0.2, 0.25) is 0 Å². The number of aromatic nitrogens is 1. The van der Waals surface area contributed by atoms with E-state index in [1.54, 1.807) is 16.7 Å². The SMILES string of the molecule is CCn1c(C(O)C(=O)OC)cc2ccc(F)cc21. The minimum atomic E-state index is -1.36. The van der Waals surface area contributed by atoms with E-state index in [1.165, 1.54) is 19.2 Å². The number of nitrogens with zero attached hydrogens (tertiary/aromatic N) is 1. The molecule has 0 fully saturated rings. The Balaban J connectivity index is 2.60. The largest absolute Gasteiger partial charge is 0.467 e. The number of esters is 1. The molecule has 0 saturated heterocycles. The molecule has 18 heavy (non-hydrogen) atoms. The van der Waals surface area contributed by atoms with Gasteiger partial charge in [-0.3, -0.25) is 0 Å². The quantitative estimate of drug-likeness (QED) is 0.849. The first-order valence-corrected chi connectivity index (χ1v) is 5.63. The Hall–Kier alpha value is -1.88. The van der Waals surface area contributed by atoms with Gasteiger partial charge in [0.25, 0.3) is 0 Å². The first-order chi connectivity index (χ1) is 8.58. The zero-order chi connectivity index (χ0) is 13.3. The zero-order valence-electron chi connectivity index (χ0n) is 10.2. The van der Waals surface area contributed by atoms with Gasteiger partial charge in [-0.15, -0.1) is 0 Å². The Morgan fingerprint density at radius 3 is 2.83 bits per heavy atom. The fourth-order valence-electron chi connectivity index (χ4n) is 2.06. The summed E-state index contributed by atoms with van der Waals surface area (Å²) in [6, 6.07) is 6.01. The van der Waals surface area contributed by atoms with Crippen LogP contribution >= 0.6 is 0 Å². The van der Waals surface area contributed by atoms with Crippen molar-refractivity contribution in [2.75, 3.05) is 7.11 Å². The molecule has 0 amide bonds. The van der Waals surface area contributed by atoms with Crippen molar-refractivity contribution in [1.29, 1.82) is 0 Å². The molecule has 5 heteroatoms. The van der Waals surface area contributed by atoms with Crippen molar-refractivity contribution in [3.05, 3.63) is 35.8 Å². The van der Waals surface area contributed by atoms with Gasteiger partial charge in [-0.1, -0.05) is 0 Å². The molecule has 0 aliphatic carbocycles. The normalized spacial score (nSPS) is 12.7. The molecule has 96 valence electrons. The Kier molecular flexibility index (Phi) is 3.34. The van der Waals surface area contributed by atoms with Gasteiger partial charge in [-0.2, -0.15) is 0 Å². The van der Waals surface area contributed by atoms with Gasteiger partial charge in [0.05, 0.1) is 18.3 Å². The number of benzene rings is 1. The third-order valence-corrected chi connectivity index (χ3v) is 2.92. The number of halogens is 1. The number of hydrogen-bond acceptors (Lipinski definition) is 3. The summed E-state index contributed by atoms with van der Waals surface area (Å²) in [5, 5.41) is 10.7. The number of rotatable bonds is 3. The molecule has 1 aromatic heterocycles. The molecule has 2 aromatic rings. The van der Waals surface area contributed by atoms with Gasteiger partial charge in [0.15, 0.2) is 6.10 Å². The summed E-state index contributed by atoms with van der Waals surface area (Å²) in [4.78, 5) is 11.4. The van der Waals surface area contributed by atoms with Crippen LogP contribution < -0.4 is 0 Å². The fraction of sp³-hybridized carbons (Fsp3) is 0.308. The van der Waals surface area contributed by atoms with Crippen molar-refractivity contribution >= 4 is 16.9 Å². The number of carbonyl (C=O) groups excluding carboxylic acids is 1. The van der Waals surface area contributed by atoms with E-state index in [9.17, 15) is 14.3 Å². The lowest BCUT2D eigenvalue weighted by Gasteiger charge is -2.12. The van der Waals surface area contributed by atoms with Gasteiger partial charge < -0.3 is 14.4 Å². The van der Waals surface area contributed by atoms with E-state index in [4.69, 9.17) is 0 Å². The van der Waals surface area contributed by atoms with E-state index in [1.807, 2.05) is 6.92 Å². The lowest BCUT2D eigenvalue weighted by Crippen LogP contribution is -2.17. The number of aliphatic hydroxyl groups is 1. The molecule has 0 radical (unpaired) electrons. The standard InChI is InChI=1S/C13H14FNO3/c1-3-15-10-7-9(14)5-4-8(10)6-11(15)12(16)13(17)18-2/h4-7,12,16H,3H2,1-2H3. The van der Waals surface area contributed by atoms with Crippen LogP contribution in [0.5, 0.6) is 0 Å². The number of fused-ring (bicyclic) bond motifs is 1. The van der Waals surface area contributed by atoms with Crippen molar-refractivity contribution in [1.82, 2.24) is 4.57 Å². The molecule has 0 spiro atoms. The van der Waals surface area contributed by atoms with Crippen LogP contribution in [0.15, 0.2) is 24.3 Å². The molecule has 1 N–H and O–H groups in total. The van der Waals surface area contributed by atoms with Crippen molar-refractivity contribution in [3.63, 3.8) is 0 Å². The average Bonchev–Trinajstić information content (AvgIpc) is 2.74. The van der Waals surface area contributed by atoms with Gasteiger partial charge in [0.1, 0.15) is 5.82 Å². The summed E-state index contributed by atoms with van der Waals surface area (Å²) in [5.74, 6) is -1.08. The molecule has 0 bridgehead atoms. The molecular weight excluding hydrogens is 237 g/mol. The summed E-state index contributed by atoms with van der Waals surface area (Å²) in [6.07, 6.45) is -1.36. The van der Waals surface area contributed by atoms with Crippen molar-refractivity contribution in [2.45, 2.75) is 19.6 Å². The number of methoxy groups -OCH3 is 1. The summed E-state index contributed by atoms with van der Waals surface area (Å²) in [6.45, 7) is 2.38. The predicted octanol–water partition coefficient (Wildman–Crippen LogP) is 2.01. The second-order valence-electron chi connectivity index (χ2n) is 3.94. The molecule has 1 atom stereocenters. The fourth-order valence-corrected chi connectivity index (χ4v) is 2.06. The molecule has 0 saturated carbocycles. The van der Waals surface area contributed by atoms with Crippen molar-refractivity contribution < 1.29 is 19.0 Å². The van der Waals surface area contributed by atoms with Crippen LogP contribution in [0.3, 0.4) is 0 Å². The molecule has 0 aliphatic heterocycles. The molecule has 1 unspecified atom stereocenters. The summed E-state index contributed by atoms with van der Waals surface area (Å²) >= 11 is 0. The minimum Gasteiger partial charge on any atom is -0.467 e. The molecule has 1 heterocycles. The van der Waals surface area contributed by atoms with E-state index in [0.717, 1.165) is 5.39 Å². The average molecular weight is 251 g/mol. The number of aryl methyl sites for hydroxylation is 1. The maximum absolute atomic E-state index is 13.2. The summed E-state index contributed by atoms with van der Waals surface area (Å²) < 4.78 is 19.4. The van der Waals surface area contributed by atoms with Gasteiger partial charge in [-0.05, 0) is 31.2 Å². The first kappa shape index (κ1) is 12.6. The molecular formula is C13H14FNO3. The van der Waals surface area contributed by atoms with Crippen LogP contribution in [0.2, 0.25) is 0 Å². The Labute approximate surface area is 104 Å². The van der Waals surface area contributed by atoms with Crippen molar-refractivity contribution in [2.24, 2.45) is 0 Å². The van der Waals surface area contributed by atoms with Crippen LogP contribution in [0.4, 0.5) is 4.39 Å². The van der Waals surface area contributed by atoms with Crippen LogP contribution in [0, 0.1) is 5.82 Å². The van der Waals surface area contributed by atoms with Crippen LogP contribution in [0.1, 0.15) is 18.7 Å². The second-order valence-corrected chi connectivity index (χ2v) is 3.94. The summed E-state index contributed by atoms with van der Waals surface area (Å²) in [5.41, 5.74) is 1.06. The first-order valence-electron chi connectivity index (χ1n) is 5.63. The molecule has 1 aromatic carbocycles. The highest BCUT2D eigenvalue weighted by Crippen LogP contribution is 2.25. The maximum atomic E-state index is 13.2. The Bertz CT molecular complexity index is 591. The van der Waals surface area contributed by atoms with E-state index < -0.39 is 12.1 Å². The minimum absolute atomic E-state index is 0.352. The lowest BCUT2D eigenvalue weighted by atomic mass is 10.2. The van der Waals surface area contributed by atoms with Crippen LogP contribution in [-0.4, -0.2) is 22.8 Å². The Morgan fingerprint density at radius 2 is 2.22 bits per heavy atom. The smallest absolute Gasteiger partial charge is 0.340 e. The van der Waals surface area contributed by atoms with Gasteiger partial charge >= 0.3 is 5.97 Å². The molecule has 0 aliphatic rings. The number of hydrogen-bond donors (Lipinski definition) is 1. The topological polar surface area (TPSA) is 51.5 Å². The van der Waals surface area contributed by atoms with Crippen molar-refractivity contribution in [3.8, 4) is 0 Å². The third kappa shape index (κ3) is 1.97. The van der Waals surface area contributed by atoms with E-state index in [0.29, 0.717) is 17.8 Å². The highest BCUT2D eigenvalue weighted by atomic mass is 19.1.